The maximum atomic E-state index is 11.4. The molecule has 0 saturated carbocycles. The van der Waals surface area contributed by atoms with Gasteiger partial charge in [0, 0.05) is 47.8 Å². The van der Waals surface area contributed by atoms with E-state index in [-0.39, 0.29) is 6.04 Å². The molecule has 0 bridgehead atoms. The van der Waals surface area contributed by atoms with Crippen LogP contribution in [0.5, 0.6) is 0 Å². The molecule has 0 radical (unpaired) electrons. The number of anilines is 2. The number of carbonyl (C=O) groups excluding carboxylic acids is 1. The van der Waals surface area contributed by atoms with Gasteiger partial charge in [-0.05, 0) is 30.2 Å². The minimum Gasteiger partial charge on any atom is -0.398 e. The van der Waals surface area contributed by atoms with Gasteiger partial charge >= 0.3 is 0 Å². The van der Waals surface area contributed by atoms with Crippen LogP contribution in [0.4, 0.5) is 11.6 Å². The minimum atomic E-state index is -0.226. The lowest BCUT2D eigenvalue weighted by Crippen LogP contribution is -2.31. The predicted octanol–water partition coefficient (Wildman–Crippen LogP) is 2.74. The smallest absolute Gasteiger partial charge is 0.222 e. The second-order valence-electron chi connectivity index (χ2n) is 5.55. The number of nitrogens with two attached hydrogens (primary N) is 1. The number of hydrogen-bond donors (Lipinski definition) is 2. The molecule has 6 nitrogen and oxygen atoms in total. The van der Waals surface area contributed by atoms with E-state index in [0.29, 0.717) is 23.2 Å². The van der Waals surface area contributed by atoms with E-state index in [1.165, 1.54) is 0 Å². The fourth-order valence-corrected chi connectivity index (χ4v) is 2.99. The number of amides is 1. The molecular formula is C17H18ClN5O. The van der Waals surface area contributed by atoms with Crippen molar-refractivity contribution in [2.45, 2.75) is 12.5 Å². The standard InChI is InChI=1S/C17H18ClN5O/c1-20-17-21-8-12(9-22-17)16-6-11(4-5-23(16)10-24)14-7-13(18)2-3-15(14)19/h2-3,6-10,16H,4-5,19H2,1H3,(H,20,21,22). The summed E-state index contributed by atoms with van der Waals surface area (Å²) in [5.41, 5.74) is 9.59. The molecule has 1 amide bonds. The van der Waals surface area contributed by atoms with Gasteiger partial charge in [-0.3, -0.25) is 4.79 Å². The van der Waals surface area contributed by atoms with Crippen molar-refractivity contribution in [3.63, 3.8) is 0 Å². The Morgan fingerprint density at radius 1 is 1.38 bits per heavy atom. The van der Waals surface area contributed by atoms with Gasteiger partial charge < -0.3 is 16.0 Å². The van der Waals surface area contributed by atoms with Crippen LogP contribution in [0.15, 0.2) is 36.7 Å². The van der Waals surface area contributed by atoms with Gasteiger partial charge in [0.25, 0.3) is 0 Å². The van der Waals surface area contributed by atoms with E-state index in [4.69, 9.17) is 17.3 Å². The molecule has 3 rings (SSSR count). The quantitative estimate of drug-likeness (QED) is 0.658. The predicted molar refractivity (Wildman–Crippen MR) is 95.5 cm³/mol. The second-order valence-corrected chi connectivity index (χ2v) is 5.99. The third kappa shape index (κ3) is 3.19. The largest absolute Gasteiger partial charge is 0.398 e. The summed E-state index contributed by atoms with van der Waals surface area (Å²) in [6.07, 6.45) is 7.04. The Bertz CT molecular complexity index is 775. The highest BCUT2D eigenvalue weighted by Crippen LogP contribution is 2.35. The molecule has 1 aliphatic rings. The Kier molecular flexibility index (Phi) is 4.66. The molecule has 0 spiro atoms. The first-order chi connectivity index (χ1) is 11.6. The molecule has 124 valence electrons. The fraction of sp³-hybridized carbons (Fsp3) is 0.235. The lowest BCUT2D eigenvalue weighted by molar-refractivity contribution is -0.119. The maximum absolute atomic E-state index is 11.4. The molecule has 1 aliphatic heterocycles. The third-order valence-electron chi connectivity index (χ3n) is 4.09. The first kappa shape index (κ1) is 16.3. The molecule has 0 fully saturated rings. The summed E-state index contributed by atoms with van der Waals surface area (Å²) in [7, 11) is 1.76. The Morgan fingerprint density at radius 2 is 2.12 bits per heavy atom. The number of carbonyl (C=O) groups is 1. The van der Waals surface area contributed by atoms with Gasteiger partial charge in [-0.15, -0.1) is 0 Å². The second kappa shape index (κ2) is 6.88. The van der Waals surface area contributed by atoms with Crippen molar-refractivity contribution in [2.75, 3.05) is 24.6 Å². The van der Waals surface area contributed by atoms with Gasteiger partial charge in [0.05, 0.1) is 6.04 Å². The molecule has 3 N–H and O–H groups in total. The van der Waals surface area contributed by atoms with Crippen molar-refractivity contribution >= 4 is 35.2 Å². The van der Waals surface area contributed by atoms with Crippen molar-refractivity contribution in [2.24, 2.45) is 0 Å². The number of hydrogen-bond acceptors (Lipinski definition) is 5. The zero-order valence-electron chi connectivity index (χ0n) is 13.2. The van der Waals surface area contributed by atoms with Gasteiger partial charge in [-0.1, -0.05) is 17.7 Å². The molecule has 1 aromatic carbocycles. The van der Waals surface area contributed by atoms with Gasteiger partial charge in [-0.25, -0.2) is 9.97 Å². The van der Waals surface area contributed by atoms with E-state index in [9.17, 15) is 4.79 Å². The first-order valence-electron chi connectivity index (χ1n) is 7.59. The number of nitrogen functional groups attached to an aromatic ring is 1. The molecule has 2 heterocycles. The Hall–Kier alpha value is -2.60. The van der Waals surface area contributed by atoms with Crippen LogP contribution in [0.3, 0.4) is 0 Å². The number of benzene rings is 1. The van der Waals surface area contributed by atoms with Crippen molar-refractivity contribution in [1.82, 2.24) is 14.9 Å². The van der Waals surface area contributed by atoms with E-state index in [2.05, 4.69) is 15.3 Å². The van der Waals surface area contributed by atoms with Crippen LogP contribution in [0.25, 0.3) is 5.57 Å². The van der Waals surface area contributed by atoms with E-state index in [1.807, 2.05) is 12.1 Å². The third-order valence-corrected chi connectivity index (χ3v) is 4.32. The molecule has 1 aromatic heterocycles. The zero-order valence-corrected chi connectivity index (χ0v) is 14.0. The van der Waals surface area contributed by atoms with E-state index < -0.39 is 0 Å². The maximum Gasteiger partial charge on any atom is 0.222 e. The van der Waals surface area contributed by atoms with E-state index in [1.54, 1.807) is 36.5 Å². The average molecular weight is 344 g/mol. The average Bonchev–Trinajstić information content (AvgIpc) is 2.63. The molecule has 24 heavy (non-hydrogen) atoms. The van der Waals surface area contributed by atoms with Gasteiger partial charge in [0.1, 0.15) is 0 Å². The van der Waals surface area contributed by atoms with Gasteiger partial charge in [0.15, 0.2) is 0 Å². The molecule has 2 aromatic rings. The summed E-state index contributed by atoms with van der Waals surface area (Å²) in [5.74, 6) is 0.538. The molecular weight excluding hydrogens is 326 g/mol. The summed E-state index contributed by atoms with van der Waals surface area (Å²) in [5, 5.41) is 3.51. The van der Waals surface area contributed by atoms with E-state index in [0.717, 1.165) is 29.5 Å². The SMILES string of the molecule is CNc1ncc(C2C=C(c3cc(Cl)ccc3N)CCN2C=O)cn1. The number of halogens is 1. The number of aromatic nitrogens is 2. The van der Waals surface area contributed by atoms with Crippen LogP contribution in [0.1, 0.15) is 23.6 Å². The lowest BCUT2D eigenvalue weighted by Gasteiger charge is -2.32. The number of rotatable bonds is 4. The minimum absolute atomic E-state index is 0.226. The highest BCUT2D eigenvalue weighted by molar-refractivity contribution is 6.30. The molecule has 0 saturated heterocycles. The topological polar surface area (TPSA) is 84.1 Å². The van der Waals surface area contributed by atoms with Crippen molar-refractivity contribution < 1.29 is 4.79 Å². The summed E-state index contributed by atoms with van der Waals surface area (Å²) in [6, 6.07) is 5.19. The van der Waals surface area contributed by atoms with Gasteiger partial charge in [-0.2, -0.15) is 0 Å². The van der Waals surface area contributed by atoms with Crippen LogP contribution < -0.4 is 11.1 Å². The number of nitrogens with one attached hydrogen (secondary N) is 1. The molecule has 0 aliphatic carbocycles. The van der Waals surface area contributed by atoms with Crippen molar-refractivity contribution in [3.05, 3.63) is 52.8 Å². The molecule has 7 heteroatoms. The first-order valence-corrected chi connectivity index (χ1v) is 7.97. The Morgan fingerprint density at radius 3 is 2.79 bits per heavy atom. The monoisotopic (exact) mass is 343 g/mol. The van der Waals surface area contributed by atoms with Crippen LogP contribution >= 0.6 is 11.6 Å². The fourth-order valence-electron chi connectivity index (χ4n) is 2.82. The summed E-state index contributed by atoms with van der Waals surface area (Å²) >= 11 is 6.10. The van der Waals surface area contributed by atoms with E-state index >= 15 is 0 Å². The van der Waals surface area contributed by atoms with Crippen LogP contribution in [0, 0.1) is 0 Å². The number of nitrogens with zero attached hydrogens (tertiary/aromatic N) is 3. The highest BCUT2D eigenvalue weighted by atomic mass is 35.5. The Labute approximate surface area is 145 Å². The molecule has 1 atom stereocenters. The summed E-state index contributed by atoms with van der Waals surface area (Å²) in [4.78, 5) is 21.6. The van der Waals surface area contributed by atoms with Crippen molar-refractivity contribution in [1.29, 1.82) is 0 Å². The van der Waals surface area contributed by atoms with Gasteiger partial charge in [0.2, 0.25) is 12.4 Å². The molecule has 1 unspecified atom stereocenters. The van der Waals surface area contributed by atoms with Crippen LogP contribution in [0.2, 0.25) is 5.02 Å². The Balaban J connectivity index is 2.01. The zero-order chi connectivity index (χ0) is 17.1. The summed E-state index contributed by atoms with van der Waals surface area (Å²) < 4.78 is 0. The lowest BCUT2D eigenvalue weighted by atomic mass is 9.93. The van der Waals surface area contributed by atoms with Crippen LogP contribution in [-0.4, -0.2) is 34.9 Å². The normalized spacial score (nSPS) is 17.3. The van der Waals surface area contributed by atoms with Crippen molar-refractivity contribution in [3.8, 4) is 0 Å². The highest BCUT2D eigenvalue weighted by Gasteiger charge is 2.24. The van der Waals surface area contributed by atoms with Crippen LogP contribution in [-0.2, 0) is 4.79 Å². The summed E-state index contributed by atoms with van der Waals surface area (Å²) in [6.45, 7) is 0.597.